The molecular formula is C15H16N2O3. The molecule has 0 saturated heterocycles. The second-order valence-corrected chi connectivity index (χ2v) is 4.41. The number of aryl methyl sites for hydroxylation is 1. The molecule has 0 saturated carbocycles. The number of phenolic OH excluding ortho intramolecular Hbond substituents is 1. The van der Waals surface area contributed by atoms with Crippen LogP contribution in [0.5, 0.6) is 11.5 Å². The third-order valence-electron chi connectivity index (χ3n) is 2.96. The van der Waals surface area contributed by atoms with E-state index in [4.69, 9.17) is 10.5 Å². The zero-order chi connectivity index (χ0) is 14.7. The lowest BCUT2D eigenvalue weighted by molar-refractivity contribution is 0.102. The molecule has 0 radical (unpaired) electrons. The van der Waals surface area contributed by atoms with Gasteiger partial charge in [-0.3, -0.25) is 4.79 Å². The lowest BCUT2D eigenvalue weighted by Gasteiger charge is -2.09. The van der Waals surface area contributed by atoms with E-state index in [2.05, 4.69) is 5.32 Å². The molecule has 1 amide bonds. The molecule has 2 aromatic rings. The van der Waals surface area contributed by atoms with Crippen molar-refractivity contribution in [2.45, 2.75) is 6.92 Å². The molecule has 0 aliphatic carbocycles. The number of ether oxygens (including phenoxy) is 1. The molecule has 20 heavy (non-hydrogen) atoms. The van der Waals surface area contributed by atoms with E-state index in [0.717, 1.165) is 5.56 Å². The Morgan fingerprint density at radius 2 is 2.00 bits per heavy atom. The number of carbonyl (C=O) groups excluding carboxylic acids is 1. The van der Waals surface area contributed by atoms with E-state index >= 15 is 0 Å². The first kappa shape index (κ1) is 13.7. The Balaban J connectivity index is 2.19. The first-order valence-corrected chi connectivity index (χ1v) is 6.05. The van der Waals surface area contributed by atoms with Crippen molar-refractivity contribution in [3.05, 3.63) is 47.5 Å². The minimum Gasteiger partial charge on any atom is -0.508 e. The maximum absolute atomic E-state index is 12.1. The SMILES string of the molecule is COc1ccc(C(=O)Nc2ccc(C)c(O)c2)cc1N. The van der Waals surface area contributed by atoms with Gasteiger partial charge in [0.25, 0.3) is 5.91 Å². The van der Waals surface area contributed by atoms with Crippen LogP contribution in [0, 0.1) is 6.92 Å². The van der Waals surface area contributed by atoms with Crippen LogP contribution in [0.1, 0.15) is 15.9 Å². The molecule has 0 atom stereocenters. The van der Waals surface area contributed by atoms with Crippen molar-refractivity contribution in [2.24, 2.45) is 0 Å². The molecule has 0 aliphatic heterocycles. The molecule has 104 valence electrons. The van der Waals surface area contributed by atoms with E-state index in [9.17, 15) is 9.90 Å². The fourth-order valence-corrected chi connectivity index (χ4v) is 1.77. The molecule has 2 rings (SSSR count). The number of carbonyl (C=O) groups is 1. The summed E-state index contributed by atoms with van der Waals surface area (Å²) in [7, 11) is 1.51. The summed E-state index contributed by atoms with van der Waals surface area (Å²) in [6, 6.07) is 9.75. The van der Waals surface area contributed by atoms with E-state index in [0.29, 0.717) is 22.7 Å². The fourth-order valence-electron chi connectivity index (χ4n) is 1.77. The fraction of sp³-hybridized carbons (Fsp3) is 0.133. The van der Waals surface area contributed by atoms with Gasteiger partial charge in [-0.1, -0.05) is 6.07 Å². The Morgan fingerprint density at radius 1 is 1.25 bits per heavy atom. The second-order valence-electron chi connectivity index (χ2n) is 4.41. The van der Waals surface area contributed by atoms with Gasteiger partial charge in [-0.25, -0.2) is 0 Å². The maximum Gasteiger partial charge on any atom is 0.255 e. The maximum atomic E-state index is 12.1. The average molecular weight is 272 g/mol. The van der Waals surface area contributed by atoms with Gasteiger partial charge in [0.1, 0.15) is 11.5 Å². The van der Waals surface area contributed by atoms with E-state index in [1.807, 2.05) is 0 Å². The number of hydrogen-bond donors (Lipinski definition) is 3. The van der Waals surface area contributed by atoms with Crippen LogP contribution >= 0.6 is 0 Å². The second kappa shape index (κ2) is 5.52. The van der Waals surface area contributed by atoms with E-state index in [1.54, 1.807) is 37.3 Å². The summed E-state index contributed by atoms with van der Waals surface area (Å²) in [4.78, 5) is 12.1. The van der Waals surface area contributed by atoms with Gasteiger partial charge in [-0.2, -0.15) is 0 Å². The van der Waals surface area contributed by atoms with Crippen molar-refractivity contribution in [1.82, 2.24) is 0 Å². The summed E-state index contributed by atoms with van der Waals surface area (Å²) in [6.07, 6.45) is 0. The molecule has 0 fully saturated rings. The van der Waals surface area contributed by atoms with Gasteiger partial charge in [-0.05, 0) is 36.8 Å². The number of rotatable bonds is 3. The lowest BCUT2D eigenvalue weighted by Crippen LogP contribution is -2.12. The average Bonchev–Trinajstić information content (AvgIpc) is 2.42. The number of nitrogen functional groups attached to an aromatic ring is 1. The smallest absolute Gasteiger partial charge is 0.255 e. The van der Waals surface area contributed by atoms with Crippen LogP contribution in [0.25, 0.3) is 0 Å². The number of benzene rings is 2. The highest BCUT2D eigenvalue weighted by molar-refractivity contribution is 6.05. The Hall–Kier alpha value is -2.69. The first-order chi connectivity index (χ1) is 9.51. The van der Waals surface area contributed by atoms with Crippen LogP contribution in [0.15, 0.2) is 36.4 Å². The number of hydrogen-bond acceptors (Lipinski definition) is 4. The minimum absolute atomic E-state index is 0.136. The van der Waals surface area contributed by atoms with E-state index in [-0.39, 0.29) is 11.7 Å². The van der Waals surface area contributed by atoms with Crippen molar-refractivity contribution in [3.63, 3.8) is 0 Å². The monoisotopic (exact) mass is 272 g/mol. The highest BCUT2D eigenvalue weighted by Gasteiger charge is 2.09. The highest BCUT2D eigenvalue weighted by atomic mass is 16.5. The van der Waals surface area contributed by atoms with Gasteiger partial charge in [-0.15, -0.1) is 0 Å². The number of nitrogens with one attached hydrogen (secondary N) is 1. The van der Waals surface area contributed by atoms with Crippen LogP contribution in [-0.4, -0.2) is 18.1 Å². The van der Waals surface area contributed by atoms with Crippen LogP contribution in [0.2, 0.25) is 0 Å². The van der Waals surface area contributed by atoms with E-state index < -0.39 is 0 Å². The zero-order valence-electron chi connectivity index (χ0n) is 11.3. The van der Waals surface area contributed by atoms with Crippen molar-refractivity contribution in [2.75, 3.05) is 18.2 Å². The van der Waals surface area contributed by atoms with Crippen molar-refractivity contribution in [3.8, 4) is 11.5 Å². The van der Waals surface area contributed by atoms with Crippen molar-refractivity contribution >= 4 is 17.3 Å². The van der Waals surface area contributed by atoms with Crippen LogP contribution < -0.4 is 15.8 Å². The summed E-state index contributed by atoms with van der Waals surface area (Å²) in [6.45, 7) is 1.78. The number of phenols is 1. The first-order valence-electron chi connectivity index (χ1n) is 6.05. The molecule has 0 heterocycles. The third-order valence-corrected chi connectivity index (χ3v) is 2.96. The van der Waals surface area contributed by atoms with Crippen LogP contribution in [0.4, 0.5) is 11.4 Å². The topological polar surface area (TPSA) is 84.6 Å². The highest BCUT2D eigenvalue weighted by Crippen LogP contribution is 2.24. The predicted molar refractivity (Wildman–Crippen MR) is 78.2 cm³/mol. The van der Waals surface area contributed by atoms with Gasteiger partial charge in [0, 0.05) is 17.3 Å². The Bertz CT molecular complexity index is 654. The zero-order valence-corrected chi connectivity index (χ0v) is 11.3. The number of amides is 1. The minimum atomic E-state index is -0.303. The predicted octanol–water partition coefficient (Wildman–Crippen LogP) is 2.54. The van der Waals surface area contributed by atoms with Crippen molar-refractivity contribution < 1.29 is 14.6 Å². The summed E-state index contributed by atoms with van der Waals surface area (Å²) in [5.74, 6) is 0.356. The molecule has 0 aromatic heterocycles. The molecular weight excluding hydrogens is 256 g/mol. The van der Waals surface area contributed by atoms with Gasteiger partial charge in [0.2, 0.25) is 0 Å². The number of aromatic hydroxyl groups is 1. The summed E-state index contributed by atoms with van der Waals surface area (Å²) in [5, 5.41) is 12.3. The molecule has 4 N–H and O–H groups in total. The van der Waals surface area contributed by atoms with Gasteiger partial charge >= 0.3 is 0 Å². The Morgan fingerprint density at radius 3 is 2.60 bits per heavy atom. The largest absolute Gasteiger partial charge is 0.508 e. The molecule has 0 spiro atoms. The Kier molecular flexibility index (Phi) is 3.79. The van der Waals surface area contributed by atoms with Crippen molar-refractivity contribution in [1.29, 1.82) is 0 Å². The summed E-state index contributed by atoms with van der Waals surface area (Å²) in [5.41, 5.74) is 7.84. The lowest BCUT2D eigenvalue weighted by atomic mass is 10.1. The van der Waals surface area contributed by atoms with Gasteiger partial charge < -0.3 is 20.9 Å². The molecule has 0 aliphatic rings. The summed E-state index contributed by atoms with van der Waals surface area (Å²) < 4.78 is 5.04. The standard InChI is InChI=1S/C15H16N2O3/c1-9-3-5-11(8-13(9)18)17-15(19)10-4-6-14(20-2)12(16)7-10/h3-8,18H,16H2,1-2H3,(H,17,19). The Labute approximate surface area is 117 Å². The quantitative estimate of drug-likeness (QED) is 0.750. The van der Waals surface area contributed by atoms with Gasteiger partial charge in [0.15, 0.2) is 0 Å². The molecule has 0 unspecified atom stereocenters. The van der Waals surface area contributed by atoms with Crippen LogP contribution in [0.3, 0.4) is 0 Å². The summed E-state index contributed by atoms with van der Waals surface area (Å²) >= 11 is 0. The molecule has 5 nitrogen and oxygen atoms in total. The number of nitrogens with two attached hydrogens (primary N) is 1. The van der Waals surface area contributed by atoms with Gasteiger partial charge in [0.05, 0.1) is 12.8 Å². The van der Waals surface area contributed by atoms with Crippen LogP contribution in [-0.2, 0) is 0 Å². The molecule has 5 heteroatoms. The number of anilines is 2. The third kappa shape index (κ3) is 2.83. The number of methoxy groups -OCH3 is 1. The normalized spacial score (nSPS) is 10.1. The molecule has 2 aromatic carbocycles. The van der Waals surface area contributed by atoms with E-state index in [1.165, 1.54) is 13.2 Å². The molecule has 0 bridgehead atoms.